The number of anilines is 1. The lowest BCUT2D eigenvalue weighted by Crippen LogP contribution is -2.31. The maximum absolute atomic E-state index is 13.3. The number of aromatic nitrogens is 1. The fourth-order valence-corrected chi connectivity index (χ4v) is 1.97. The molecule has 0 aliphatic carbocycles. The fourth-order valence-electron chi connectivity index (χ4n) is 1.97. The second kappa shape index (κ2) is 6.06. The first-order chi connectivity index (χ1) is 9.91. The number of imide groups is 1. The minimum absolute atomic E-state index is 0.0734. The lowest BCUT2D eigenvalue weighted by atomic mass is 10.3. The maximum atomic E-state index is 13.3. The smallest absolute Gasteiger partial charge is 0.253 e. The number of hydrogen-bond acceptors (Lipinski definition) is 4. The highest BCUT2D eigenvalue weighted by Crippen LogP contribution is 2.22. The molecule has 0 atom stereocenters. The van der Waals surface area contributed by atoms with Gasteiger partial charge in [0.1, 0.15) is 5.69 Å². The molecular formula is C12H11F4N3O2. The Balaban J connectivity index is 1.92. The van der Waals surface area contributed by atoms with Crippen molar-refractivity contribution in [1.82, 2.24) is 9.88 Å². The Morgan fingerprint density at radius 1 is 1.00 bits per heavy atom. The van der Waals surface area contributed by atoms with Gasteiger partial charge in [0.25, 0.3) is 11.9 Å². The minimum atomic E-state index is -1.75. The standard InChI is InChI=1S/C12H11F4N3O2/c13-8-10(9(14)12(16)18-11(8)15)17-4-1-5-19-6(20)2-3-7(19)21/h1-5H2,(H,17,18). The van der Waals surface area contributed by atoms with Crippen LogP contribution in [0.5, 0.6) is 0 Å². The Hall–Kier alpha value is -2.19. The van der Waals surface area contributed by atoms with Crippen LogP contribution in [0.3, 0.4) is 0 Å². The molecule has 1 aliphatic rings. The first kappa shape index (κ1) is 15.2. The van der Waals surface area contributed by atoms with Crippen LogP contribution >= 0.6 is 0 Å². The van der Waals surface area contributed by atoms with E-state index in [0.717, 1.165) is 4.90 Å². The normalized spacial score (nSPS) is 15.0. The van der Waals surface area contributed by atoms with Gasteiger partial charge < -0.3 is 5.32 Å². The number of rotatable bonds is 5. The number of carbonyl (C=O) groups excluding carboxylic acids is 2. The van der Waals surface area contributed by atoms with Gasteiger partial charge in [-0.3, -0.25) is 14.5 Å². The van der Waals surface area contributed by atoms with Gasteiger partial charge in [0.2, 0.25) is 23.4 Å². The van der Waals surface area contributed by atoms with E-state index in [0.29, 0.717) is 0 Å². The van der Waals surface area contributed by atoms with Gasteiger partial charge in [-0.15, -0.1) is 0 Å². The van der Waals surface area contributed by atoms with E-state index in [1.54, 1.807) is 0 Å². The molecule has 1 aromatic heterocycles. The molecular weight excluding hydrogens is 294 g/mol. The summed E-state index contributed by atoms with van der Waals surface area (Å²) in [7, 11) is 0. The van der Waals surface area contributed by atoms with Crippen LogP contribution in [0.15, 0.2) is 0 Å². The summed E-state index contributed by atoms with van der Waals surface area (Å²) in [5.74, 6) is -7.36. The van der Waals surface area contributed by atoms with Gasteiger partial charge in [0.05, 0.1) is 0 Å². The summed E-state index contributed by atoms with van der Waals surface area (Å²) in [5, 5.41) is 2.20. The molecule has 1 fully saturated rings. The Labute approximate surface area is 116 Å². The van der Waals surface area contributed by atoms with Crippen LogP contribution in [-0.4, -0.2) is 34.8 Å². The Morgan fingerprint density at radius 3 is 2.05 bits per heavy atom. The van der Waals surface area contributed by atoms with Gasteiger partial charge in [-0.1, -0.05) is 0 Å². The molecule has 9 heteroatoms. The number of likely N-dealkylation sites (tertiary alicyclic amines) is 1. The van der Waals surface area contributed by atoms with Crippen molar-refractivity contribution in [2.45, 2.75) is 19.3 Å². The molecule has 0 radical (unpaired) electrons. The van der Waals surface area contributed by atoms with E-state index in [-0.39, 0.29) is 44.2 Å². The summed E-state index contributed by atoms with van der Waals surface area (Å²) in [4.78, 5) is 26.1. The zero-order valence-corrected chi connectivity index (χ0v) is 10.8. The third kappa shape index (κ3) is 3.11. The van der Waals surface area contributed by atoms with Crippen molar-refractivity contribution in [2.75, 3.05) is 18.4 Å². The van der Waals surface area contributed by atoms with Crippen molar-refractivity contribution in [1.29, 1.82) is 0 Å². The van der Waals surface area contributed by atoms with Gasteiger partial charge in [-0.05, 0) is 6.42 Å². The maximum Gasteiger partial charge on any atom is 0.253 e. The number of amides is 2. The fraction of sp³-hybridized carbons (Fsp3) is 0.417. The number of nitrogens with one attached hydrogen (secondary N) is 1. The first-order valence-electron chi connectivity index (χ1n) is 6.19. The van der Waals surface area contributed by atoms with E-state index in [2.05, 4.69) is 10.3 Å². The van der Waals surface area contributed by atoms with Gasteiger partial charge >= 0.3 is 0 Å². The largest absolute Gasteiger partial charge is 0.380 e. The number of pyridine rings is 1. The number of nitrogens with zero attached hydrogens (tertiary/aromatic N) is 2. The number of carbonyl (C=O) groups is 2. The third-order valence-electron chi connectivity index (χ3n) is 3.01. The van der Waals surface area contributed by atoms with Crippen molar-refractivity contribution in [3.63, 3.8) is 0 Å². The molecule has 2 rings (SSSR count). The highest BCUT2D eigenvalue weighted by Gasteiger charge is 2.28. The summed E-state index contributed by atoms with van der Waals surface area (Å²) in [5.41, 5.74) is -0.959. The highest BCUT2D eigenvalue weighted by molar-refractivity contribution is 6.01. The second-order valence-electron chi connectivity index (χ2n) is 4.42. The molecule has 2 heterocycles. The van der Waals surface area contributed by atoms with Crippen molar-refractivity contribution < 1.29 is 27.2 Å². The SMILES string of the molecule is O=C1CCC(=O)N1CCCNc1c(F)c(F)nc(F)c1F. The molecule has 0 spiro atoms. The molecule has 1 saturated heterocycles. The average Bonchev–Trinajstić information content (AvgIpc) is 2.75. The Bertz CT molecular complexity index is 552. The predicted molar refractivity (Wildman–Crippen MR) is 63.1 cm³/mol. The van der Waals surface area contributed by atoms with Crippen LogP contribution in [0.1, 0.15) is 19.3 Å². The zero-order chi connectivity index (χ0) is 15.6. The van der Waals surface area contributed by atoms with Crippen LogP contribution in [0.4, 0.5) is 23.2 Å². The molecule has 21 heavy (non-hydrogen) atoms. The number of hydrogen-bond donors (Lipinski definition) is 1. The summed E-state index contributed by atoms with van der Waals surface area (Å²) < 4.78 is 52.2. The molecule has 2 amide bonds. The van der Waals surface area contributed by atoms with E-state index in [1.165, 1.54) is 0 Å². The lowest BCUT2D eigenvalue weighted by molar-refractivity contribution is -0.138. The summed E-state index contributed by atoms with van der Waals surface area (Å²) in [6.45, 7) is -0.00224. The third-order valence-corrected chi connectivity index (χ3v) is 3.01. The van der Waals surface area contributed by atoms with Crippen molar-refractivity contribution in [2.24, 2.45) is 0 Å². The second-order valence-corrected chi connectivity index (χ2v) is 4.42. The lowest BCUT2D eigenvalue weighted by Gasteiger charge is -2.14. The van der Waals surface area contributed by atoms with Crippen LogP contribution < -0.4 is 5.32 Å². The number of halogens is 4. The molecule has 114 valence electrons. The highest BCUT2D eigenvalue weighted by atomic mass is 19.2. The predicted octanol–water partition coefficient (Wildman–Crippen LogP) is 1.59. The van der Waals surface area contributed by atoms with Crippen LogP contribution in [0.25, 0.3) is 0 Å². The summed E-state index contributed by atoms with van der Waals surface area (Å²) >= 11 is 0. The van der Waals surface area contributed by atoms with Crippen LogP contribution in [-0.2, 0) is 9.59 Å². The molecule has 0 bridgehead atoms. The van der Waals surface area contributed by atoms with Gasteiger partial charge in [-0.2, -0.15) is 22.5 Å². The molecule has 0 aromatic carbocycles. The van der Waals surface area contributed by atoms with Gasteiger partial charge in [0.15, 0.2) is 0 Å². The Kier molecular flexibility index (Phi) is 4.39. The zero-order valence-electron chi connectivity index (χ0n) is 10.8. The van der Waals surface area contributed by atoms with E-state index in [4.69, 9.17) is 0 Å². The summed E-state index contributed by atoms with van der Waals surface area (Å²) in [6, 6.07) is 0. The molecule has 1 aliphatic heterocycles. The van der Waals surface area contributed by atoms with Crippen LogP contribution in [0.2, 0.25) is 0 Å². The molecule has 5 nitrogen and oxygen atoms in total. The summed E-state index contributed by atoms with van der Waals surface area (Å²) in [6.07, 6.45) is 0.481. The topological polar surface area (TPSA) is 62.3 Å². The van der Waals surface area contributed by atoms with Crippen LogP contribution in [0, 0.1) is 23.5 Å². The van der Waals surface area contributed by atoms with Gasteiger partial charge in [0, 0.05) is 25.9 Å². The van der Waals surface area contributed by atoms with Crippen molar-refractivity contribution in [3.05, 3.63) is 23.5 Å². The van der Waals surface area contributed by atoms with Crippen molar-refractivity contribution >= 4 is 17.5 Å². The van der Waals surface area contributed by atoms with Gasteiger partial charge in [-0.25, -0.2) is 0 Å². The molecule has 1 aromatic rings. The molecule has 0 saturated carbocycles. The minimum Gasteiger partial charge on any atom is -0.380 e. The van der Waals surface area contributed by atoms with E-state index in [9.17, 15) is 27.2 Å². The quantitative estimate of drug-likeness (QED) is 0.388. The first-order valence-corrected chi connectivity index (χ1v) is 6.19. The molecule has 0 unspecified atom stereocenters. The average molecular weight is 305 g/mol. The van der Waals surface area contributed by atoms with E-state index >= 15 is 0 Å². The Morgan fingerprint density at radius 2 is 1.52 bits per heavy atom. The molecule has 1 N–H and O–H groups in total. The van der Waals surface area contributed by atoms with E-state index in [1.807, 2.05) is 0 Å². The van der Waals surface area contributed by atoms with E-state index < -0.39 is 29.2 Å². The monoisotopic (exact) mass is 305 g/mol. The van der Waals surface area contributed by atoms with Crippen molar-refractivity contribution in [3.8, 4) is 0 Å².